The van der Waals surface area contributed by atoms with Crippen molar-refractivity contribution in [1.29, 1.82) is 0 Å². The van der Waals surface area contributed by atoms with Crippen LogP contribution in [0, 0.1) is 5.92 Å². The first-order valence-corrected chi connectivity index (χ1v) is 7.77. The Bertz CT molecular complexity index is 642. The van der Waals surface area contributed by atoms with E-state index in [1.165, 1.54) is 0 Å². The lowest BCUT2D eigenvalue weighted by molar-refractivity contribution is 0.0697. The van der Waals surface area contributed by atoms with Gasteiger partial charge in [-0.1, -0.05) is 33.6 Å². The smallest absolute Gasteiger partial charge is 0.335 e. The summed E-state index contributed by atoms with van der Waals surface area (Å²) in [4.78, 5) is 15.9. The van der Waals surface area contributed by atoms with E-state index in [0.29, 0.717) is 17.5 Å². The first-order chi connectivity index (χ1) is 10.0. The normalized spacial score (nSPS) is 13.0. The predicted molar refractivity (Wildman–Crippen MR) is 84.9 cm³/mol. The molecule has 2 aromatic rings. The molecule has 1 unspecified atom stereocenters. The zero-order chi connectivity index (χ0) is 15.6. The number of benzene rings is 1. The molecular weight excluding hydrogens is 264 g/mol. The zero-order valence-electron chi connectivity index (χ0n) is 13.3. The fraction of sp³-hybridized carbons (Fsp3) is 0.529. The third kappa shape index (κ3) is 2.80. The number of carbonyl (C=O) groups is 1. The molecule has 0 aliphatic rings. The Morgan fingerprint density at radius 1 is 1.29 bits per heavy atom. The fourth-order valence-corrected chi connectivity index (χ4v) is 3.16. The number of fused-ring (bicyclic) bond motifs is 1. The maximum absolute atomic E-state index is 11.2. The van der Waals surface area contributed by atoms with E-state index in [2.05, 4.69) is 37.2 Å². The van der Waals surface area contributed by atoms with Crippen molar-refractivity contribution in [1.82, 2.24) is 9.55 Å². The molecule has 1 aromatic carbocycles. The molecule has 1 atom stereocenters. The van der Waals surface area contributed by atoms with Gasteiger partial charge < -0.3 is 9.67 Å². The van der Waals surface area contributed by atoms with Gasteiger partial charge in [0.2, 0.25) is 0 Å². The largest absolute Gasteiger partial charge is 0.478 e. The Labute approximate surface area is 125 Å². The number of aryl methyl sites for hydroxylation is 1. The van der Waals surface area contributed by atoms with Gasteiger partial charge in [0.25, 0.3) is 0 Å². The van der Waals surface area contributed by atoms with E-state index in [0.717, 1.165) is 36.1 Å². The SMILES string of the molecule is CCc1nc2ccc(C(=O)O)cc2n1C(C)C(CC)CC. The van der Waals surface area contributed by atoms with Gasteiger partial charge in [0.15, 0.2) is 0 Å². The summed E-state index contributed by atoms with van der Waals surface area (Å²) < 4.78 is 2.24. The molecular formula is C17H24N2O2. The minimum absolute atomic E-state index is 0.322. The van der Waals surface area contributed by atoms with Crippen molar-refractivity contribution in [3.8, 4) is 0 Å². The average molecular weight is 288 g/mol. The lowest BCUT2D eigenvalue weighted by atomic mass is 9.95. The van der Waals surface area contributed by atoms with E-state index in [1.807, 2.05) is 6.07 Å². The molecule has 0 saturated heterocycles. The quantitative estimate of drug-likeness (QED) is 0.862. The molecule has 0 amide bonds. The molecule has 21 heavy (non-hydrogen) atoms. The maximum atomic E-state index is 11.2. The summed E-state index contributed by atoms with van der Waals surface area (Å²) in [6, 6.07) is 5.52. The highest BCUT2D eigenvalue weighted by Gasteiger charge is 2.21. The van der Waals surface area contributed by atoms with Crippen LogP contribution in [0.5, 0.6) is 0 Å². The van der Waals surface area contributed by atoms with Gasteiger partial charge in [-0.25, -0.2) is 9.78 Å². The Balaban J connectivity index is 2.63. The molecule has 0 fully saturated rings. The van der Waals surface area contributed by atoms with Crippen LogP contribution >= 0.6 is 0 Å². The maximum Gasteiger partial charge on any atom is 0.335 e. The summed E-state index contributed by atoms with van der Waals surface area (Å²) in [7, 11) is 0. The van der Waals surface area contributed by atoms with Crippen molar-refractivity contribution in [3.05, 3.63) is 29.6 Å². The molecule has 0 aliphatic carbocycles. The van der Waals surface area contributed by atoms with Gasteiger partial charge in [0.1, 0.15) is 5.82 Å². The molecule has 0 saturated carbocycles. The van der Waals surface area contributed by atoms with Gasteiger partial charge in [-0.2, -0.15) is 0 Å². The number of nitrogens with zero attached hydrogens (tertiary/aromatic N) is 2. The van der Waals surface area contributed by atoms with Crippen molar-refractivity contribution < 1.29 is 9.90 Å². The van der Waals surface area contributed by atoms with Gasteiger partial charge in [0, 0.05) is 12.5 Å². The predicted octanol–water partition coefficient (Wildman–Crippen LogP) is 4.29. The molecule has 1 aromatic heterocycles. The van der Waals surface area contributed by atoms with Crippen LogP contribution in [0.15, 0.2) is 18.2 Å². The summed E-state index contributed by atoms with van der Waals surface area (Å²) >= 11 is 0. The molecule has 114 valence electrons. The fourth-order valence-electron chi connectivity index (χ4n) is 3.16. The number of carboxylic acid groups (broad SMARTS) is 1. The zero-order valence-corrected chi connectivity index (χ0v) is 13.3. The molecule has 1 N–H and O–H groups in total. The van der Waals surface area contributed by atoms with E-state index < -0.39 is 5.97 Å². The highest BCUT2D eigenvalue weighted by atomic mass is 16.4. The van der Waals surface area contributed by atoms with Crippen LogP contribution in [0.3, 0.4) is 0 Å². The van der Waals surface area contributed by atoms with Crippen molar-refractivity contribution >= 4 is 17.0 Å². The number of hydrogen-bond donors (Lipinski definition) is 1. The number of hydrogen-bond acceptors (Lipinski definition) is 2. The first kappa shape index (κ1) is 15.5. The van der Waals surface area contributed by atoms with E-state index in [-0.39, 0.29) is 0 Å². The summed E-state index contributed by atoms with van der Waals surface area (Å²) in [5.74, 6) is 0.714. The number of carboxylic acids is 1. The first-order valence-electron chi connectivity index (χ1n) is 7.77. The van der Waals surface area contributed by atoms with E-state index >= 15 is 0 Å². The van der Waals surface area contributed by atoms with Gasteiger partial charge in [0.05, 0.1) is 16.6 Å². The Kier molecular flexibility index (Phi) is 4.66. The lowest BCUT2D eigenvalue weighted by Crippen LogP contribution is -2.17. The van der Waals surface area contributed by atoms with Crippen LogP contribution in [0.1, 0.15) is 62.8 Å². The number of rotatable bonds is 6. The second-order valence-corrected chi connectivity index (χ2v) is 5.58. The molecule has 0 spiro atoms. The molecule has 2 rings (SSSR count). The molecule has 0 radical (unpaired) electrons. The molecule has 0 bridgehead atoms. The summed E-state index contributed by atoms with van der Waals surface area (Å²) in [6.45, 7) is 8.72. The van der Waals surface area contributed by atoms with Crippen molar-refractivity contribution in [2.24, 2.45) is 5.92 Å². The third-order valence-corrected chi connectivity index (χ3v) is 4.46. The second-order valence-electron chi connectivity index (χ2n) is 5.58. The Morgan fingerprint density at radius 3 is 2.48 bits per heavy atom. The molecule has 1 heterocycles. The number of aromatic carboxylic acids is 1. The molecule has 4 heteroatoms. The highest BCUT2D eigenvalue weighted by Crippen LogP contribution is 2.30. The Morgan fingerprint density at radius 2 is 1.95 bits per heavy atom. The van der Waals surface area contributed by atoms with Crippen molar-refractivity contribution in [2.75, 3.05) is 0 Å². The summed E-state index contributed by atoms with van der Waals surface area (Å²) in [5, 5.41) is 9.21. The van der Waals surface area contributed by atoms with Crippen LogP contribution in [-0.4, -0.2) is 20.6 Å². The van der Waals surface area contributed by atoms with Gasteiger partial charge in [-0.15, -0.1) is 0 Å². The van der Waals surface area contributed by atoms with Crippen LogP contribution < -0.4 is 0 Å². The standard InChI is InChI=1S/C17H24N2O2/c1-5-12(6-2)11(4)19-15-10-13(17(20)21)8-9-14(15)18-16(19)7-3/h8-12H,5-7H2,1-4H3,(H,20,21). The monoisotopic (exact) mass is 288 g/mol. The number of imidazole rings is 1. The Hall–Kier alpha value is -1.84. The number of aromatic nitrogens is 2. The minimum Gasteiger partial charge on any atom is -0.478 e. The van der Waals surface area contributed by atoms with Crippen LogP contribution in [0.25, 0.3) is 11.0 Å². The average Bonchev–Trinajstić information content (AvgIpc) is 2.85. The van der Waals surface area contributed by atoms with Gasteiger partial charge in [-0.05, 0) is 31.0 Å². The summed E-state index contributed by atoms with van der Waals surface area (Å²) in [6.07, 6.45) is 3.07. The lowest BCUT2D eigenvalue weighted by Gasteiger charge is -2.25. The van der Waals surface area contributed by atoms with E-state index in [9.17, 15) is 9.90 Å². The highest BCUT2D eigenvalue weighted by molar-refractivity contribution is 5.92. The topological polar surface area (TPSA) is 55.1 Å². The van der Waals surface area contributed by atoms with Crippen LogP contribution in [-0.2, 0) is 6.42 Å². The van der Waals surface area contributed by atoms with Crippen molar-refractivity contribution in [3.63, 3.8) is 0 Å². The van der Waals surface area contributed by atoms with E-state index in [4.69, 9.17) is 0 Å². The second kappa shape index (κ2) is 6.29. The van der Waals surface area contributed by atoms with E-state index in [1.54, 1.807) is 12.1 Å². The van der Waals surface area contributed by atoms with Crippen molar-refractivity contribution in [2.45, 2.75) is 53.0 Å². The van der Waals surface area contributed by atoms with Gasteiger partial charge >= 0.3 is 5.97 Å². The molecule has 4 nitrogen and oxygen atoms in total. The molecule has 0 aliphatic heterocycles. The third-order valence-electron chi connectivity index (χ3n) is 4.46. The van der Waals surface area contributed by atoms with Crippen LogP contribution in [0.2, 0.25) is 0 Å². The summed E-state index contributed by atoms with van der Waals surface area (Å²) in [5.41, 5.74) is 2.14. The van der Waals surface area contributed by atoms with Gasteiger partial charge in [-0.3, -0.25) is 0 Å². The minimum atomic E-state index is -0.891. The van der Waals surface area contributed by atoms with Crippen LogP contribution in [0.4, 0.5) is 0 Å².